The molecule has 8 nitrogen and oxygen atoms in total. The van der Waals surface area contributed by atoms with E-state index in [2.05, 4.69) is 15.6 Å². The summed E-state index contributed by atoms with van der Waals surface area (Å²) in [6, 6.07) is 15.7. The number of carbonyl (C=O) groups is 3. The Labute approximate surface area is 251 Å². The van der Waals surface area contributed by atoms with Gasteiger partial charge in [0.05, 0.1) is 28.2 Å². The van der Waals surface area contributed by atoms with Gasteiger partial charge in [0.2, 0.25) is 0 Å². The van der Waals surface area contributed by atoms with Gasteiger partial charge in [-0.05, 0) is 48.7 Å². The van der Waals surface area contributed by atoms with Crippen LogP contribution in [0.2, 0.25) is 0 Å². The molecule has 0 spiro atoms. The molecule has 228 valence electrons. The number of carbonyl (C=O) groups excluding carboxylic acids is 3. The molecule has 2 aromatic heterocycles. The normalized spacial score (nSPS) is 16.3. The number of primary amides is 1. The molecule has 2 atom stereocenters. The summed E-state index contributed by atoms with van der Waals surface area (Å²) in [5.74, 6) is -2.70. The van der Waals surface area contributed by atoms with Crippen molar-refractivity contribution in [1.82, 2.24) is 20.2 Å². The number of nitrogens with one attached hydrogen (secondary N) is 3. The van der Waals surface area contributed by atoms with E-state index in [0.29, 0.717) is 29.5 Å². The number of benzene rings is 3. The molecule has 5 N–H and O–H groups in total. The van der Waals surface area contributed by atoms with Crippen LogP contribution in [0.5, 0.6) is 0 Å². The Hall–Kier alpha value is -5.06. The Morgan fingerprint density at radius 3 is 2.43 bits per heavy atom. The first-order chi connectivity index (χ1) is 21.2. The smallest absolute Gasteiger partial charge is 0.253 e. The predicted molar refractivity (Wildman–Crippen MR) is 162 cm³/mol. The number of nitrogens with two attached hydrogens (primary N) is 1. The fourth-order valence-corrected chi connectivity index (χ4v) is 5.55. The van der Waals surface area contributed by atoms with Crippen LogP contribution in [0, 0.1) is 11.6 Å². The van der Waals surface area contributed by atoms with E-state index in [-0.39, 0.29) is 23.1 Å². The second kappa shape index (κ2) is 13.1. The average Bonchev–Trinajstić information content (AvgIpc) is 3.61. The van der Waals surface area contributed by atoms with Crippen molar-refractivity contribution in [2.75, 3.05) is 7.05 Å². The van der Waals surface area contributed by atoms with E-state index in [0.717, 1.165) is 23.7 Å². The largest absolute Gasteiger partial charge is 0.366 e. The summed E-state index contributed by atoms with van der Waals surface area (Å²) in [7, 11) is 1.42. The van der Waals surface area contributed by atoms with Gasteiger partial charge in [0, 0.05) is 42.3 Å². The van der Waals surface area contributed by atoms with Crippen molar-refractivity contribution in [3.8, 4) is 0 Å². The van der Waals surface area contributed by atoms with Crippen molar-refractivity contribution < 1.29 is 27.6 Å². The van der Waals surface area contributed by atoms with Gasteiger partial charge >= 0.3 is 0 Å². The first-order valence-electron chi connectivity index (χ1n) is 14.3. The molecule has 0 aliphatic heterocycles. The van der Waals surface area contributed by atoms with Gasteiger partial charge < -0.3 is 25.9 Å². The fraction of sp³-hybridized carbons (Fsp3) is 0.242. The molecule has 3 aromatic carbocycles. The molecule has 44 heavy (non-hydrogen) atoms. The lowest BCUT2D eigenvalue weighted by Gasteiger charge is -2.26. The SMILES string of the molecule is CNC(=O)c1ccc(Cn2cc(C(=O)NC3CCCCC3F)c3c(F)cccc32)cc1F.NC(=O)c1c[nH]c2ccccc12. The summed E-state index contributed by atoms with van der Waals surface area (Å²) in [5, 5.41) is 6.11. The van der Waals surface area contributed by atoms with Crippen LogP contribution in [0.3, 0.4) is 0 Å². The number of rotatable bonds is 6. The third-order valence-corrected chi connectivity index (χ3v) is 7.81. The van der Waals surface area contributed by atoms with E-state index < -0.39 is 41.6 Å². The van der Waals surface area contributed by atoms with Gasteiger partial charge in [-0.2, -0.15) is 0 Å². The number of amides is 3. The summed E-state index contributed by atoms with van der Waals surface area (Å²) >= 11 is 0. The fourth-order valence-electron chi connectivity index (χ4n) is 5.55. The Kier molecular flexibility index (Phi) is 9.03. The summed E-state index contributed by atoms with van der Waals surface area (Å²) in [6.45, 7) is 0.160. The monoisotopic (exact) mass is 603 g/mol. The van der Waals surface area contributed by atoms with Crippen LogP contribution in [0.1, 0.15) is 62.3 Å². The standard InChI is InChI=1S/C24H24F3N3O2.C9H8N2O/c1-28-23(31)15-10-9-14(11-19(15)27)12-30-13-16(22-18(26)6-4-8-21(22)30)24(32)29-20-7-3-2-5-17(20)25;10-9(12)7-5-11-8-4-2-1-3-6(7)8/h4,6,8-11,13,17,20H,2-3,5,7,12H2,1H3,(H,28,31)(H,29,32);1-5,11H,(H2,10,12). The number of halogens is 3. The van der Waals surface area contributed by atoms with Crippen molar-refractivity contribution >= 4 is 39.5 Å². The van der Waals surface area contributed by atoms with Crippen LogP contribution in [-0.2, 0) is 6.54 Å². The second-order valence-corrected chi connectivity index (χ2v) is 10.7. The van der Waals surface area contributed by atoms with E-state index in [1.807, 2.05) is 24.3 Å². The lowest BCUT2D eigenvalue weighted by Crippen LogP contribution is -2.43. The lowest BCUT2D eigenvalue weighted by atomic mass is 9.93. The Balaban J connectivity index is 0.000000266. The maximum atomic E-state index is 14.7. The number of fused-ring (bicyclic) bond motifs is 2. The topological polar surface area (TPSA) is 122 Å². The molecule has 2 unspecified atom stereocenters. The molecule has 1 saturated carbocycles. The molecule has 5 aromatic rings. The number of nitrogens with zero attached hydrogens (tertiary/aromatic N) is 1. The maximum absolute atomic E-state index is 14.7. The summed E-state index contributed by atoms with van der Waals surface area (Å²) in [4.78, 5) is 38.5. The van der Waals surface area contributed by atoms with E-state index in [1.165, 1.54) is 37.5 Å². The van der Waals surface area contributed by atoms with E-state index in [4.69, 9.17) is 5.73 Å². The summed E-state index contributed by atoms with van der Waals surface area (Å²) < 4.78 is 44.9. The zero-order valence-corrected chi connectivity index (χ0v) is 24.0. The van der Waals surface area contributed by atoms with Gasteiger partial charge in [-0.3, -0.25) is 14.4 Å². The number of aromatic amines is 1. The van der Waals surface area contributed by atoms with Crippen LogP contribution in [0.25, 0.3) is 21.8 Å². The molecule has 0 bridgehead atoms. The molecule has 1 aliphatic rings. The predicted octanol–water partition coefficient (Wildman–Crippen LogP) is 5.60. The molecule has 0 saturated heterocycles. The first-order valence-corrected chi connectivity index (χ1v) is 14.3. The van der Waals surface area contributed by atoms with Gasteiger partial charge in [-0.15, -0.1) is 0 Å². The van der Waals surface area contributed by atoms with Crippen molar-refractivity contribution in [3.05, 3.63) is 107 Å². The van der Waals surface area contributed by atoms with Crippen LogP contribution in [0.4, 0.5) is 13.2 Å². The third kappa shape index (κ3) is 6.31. The lowest BCUT2D eigenvalue weighted by molar-refractivity contribution is 0.0884. The van der Waals surface area contributed by atoms with Crippen molar-refractivity contribution in [1.29, 1.82) is 0 Å². The molecule has 1 aliphatic carbocycles. The van der Waals surface area contributed by atoms with Crippen molar-refractivity contribution in [2.45, 2.75) is 44.4 Å². The number of para-hydroxylation sites is 1. The molecule has 0 radical (unpaired) electrons. The highest BCUT2D eigenvalue weighted by Crippen LogP contribution is 2.27. The van der Waals surface area contributed by atoms with Gasteiger partial charge in [0.1, 0.15) is 17.8 Å². The Morgan fingerprint density at radius 1 is 0.932 bits per heavy atom. The zero-order valence-electron chi connectivity index (χ0n) is 24.0. The number of hydrogen-bond donors (Lipinski definition) is 4. The molecule has 6 rings (SSSR count). The van der Waals surface area contributed by atoms with Crippen molar-refractivity contribution in [3.63, 3.8) is 0 Å². The zero-order chi connectivity index (χ0) is 31.4. The minimum atomic E-state index is -1.12. The molecule has 3 amide bonds. The highest BCUT2D eigenvalue weighted by molar-refractivity contribution is 6.07. The van der Waals surface area contributed by atoms with Gasteiger partial charge in [0.25, 0.3) is 17.7 Å². The van der Waals surface area contributed by atoms with Crippen LogP contribution < -0.4 is 16.4 Å². The number of alkyl halides is 1. The highest BCUT2D eigenvalue weighted by Gasteiger charge is 2.28. The van der Waals surface area contributed by atoms with E-state index in [9.17, 15) is 27.6 Å². The molecular formula is C33H32F3N5O3. The molecule has 2 heterocycles. The van der Waals surface area contributed by atoms with Gasteiger partial charge in [0.15, 0.2) is 0 Å². The maximum Gasteiger partial charge on any atom is 0.253 e. The van der Waals surface area contributed by atoms with Gasteiger partial charge in [-0.25, -0.2) is 13.2 Å². The highest BCUT2D eigenvalue weighted by atomic mass is 19.1. The Morgan fingerprint density at radius 2 is 1.70 bits per heavy atom. The number of hydrogen-bond acceptors (Lipinski definition) is 3. The van der Waals surface area contributed by atoms with E-state index in [1.54, 1.807) is 22.9 Å². The molecular weight excluding hydrogens is 571 g/mol. The van der Waals surface area contributed by atoms with Crippen LogP contribution in [-0.4, -0.2) is 46.5 Å². The molecule has 1 fully saturated rings. The number of H-pyrrole nitrogens is 1. The third-order valence-electron chi connectivity index (χ3n) is 7.81. The molecule has 11 heteroatoms. The van der Waals surface area contributed by atoms with E-state index >= 15 is 0 Å². The minimum absolute atomic E-state index is 0.0759. The van der Waals surface area contributed by atoms with Gasteiger partial charge in [-0.1, -0.05) is 43.2 Å². The average molecular weight is 604 g/mol. The van der Waals surface area contributed by atoms with Crippen LogP contribution in [0.15, 0.2) is 73.1 Å². The number of aromatic nitrogens is 2. The summed E-state index contributed by atoms with van der Waals surface area (Å²) in [6.07, 6.45) is 4.59. The Bertz CT molecular complexity index is 1850. The quantitative estimate of drug-likeness (QED) is 0.202. The minimum Gasteiger partial charge on any atom is -0.366 e. The van der Waals surface area contributed by atoms with Crippen molar-refractivity contribution in [2.24, 2.45) is 5.73 Å². The second-order valence-electron chi connectivity index (χ2n) is 10.7. The first kappa shape index (κ1) is 30.4. The van der Waals surface area contributed by atoms with Crippen LogP contribution >= 0.6 is 0 Å². The summed E-state index contributed by atoms with van der Waals surface area (Å²) in [5.41, 5.74) is 7.69.